The largest absolute Gasteiger partial charge is 0.508 e. The highest BCUT2D eigenvalue weighted by Gasteiger charge is 2.56. The number of aliphatic carboxylic acids is 3. The molecule has 0 aromatic heterocycles. The van der Waals surface area contributed by atoms with E-state index in [1.54, 1.807) is 7.11 Å². The molecule has 2 saturated carbocycles. The maximum Gasteiger partial charge on any atom is 0.336 e. The zero-order valence-corrected chi connectivity index (χ0v) is 30.1. The van der Waals surface area contributed by atoms with Crippen molar-refractivity contribution in [3.63, 3.8) is 0 Å². The summed E-state index contributed by atoms with van der Waals surface area (Å²) in [5.74, 6) is 0.735. The summed E-state index contributed by atoms with van der Waals surface area (Å²) in [6, 6.07) is 12.6. The van der Waals surface area contributed by atoms with Crippen molar-refractivity contribution in [2.24, 2.45) is 29.1 Å². The van der Waals surface area contributed by atoms with Gasteiger partial charge in [-0.05, 0) is 128 Å². The average molecular weight is 698 g/mol. The third kappa shape index (κ3) is 8.72. The van der Waals surface area contributed by atoms with Gasteiger partial charge in [-0.25, -0.2) is 4.79 Å². The second-order valence-corrected chi connectivity index (χ2v) is 14.7. The zero-order valence-electron chi connectivity index (χ0n) is 30.1. The Bertz CT molecular complexity index is 1490. The molecule has 2 fully saturated rings. The van der Waals surface area contributed by atoms with Crippen molar-refractivity contribution in [2.75, 3.05) is 26.8 Å². The van der Waals surface area contributed by atoms with E-state index in [2.05, 4.69) is 56.9 Å². The van der Waals surface area contributed by atoms with Gasteiger partial charge in [0.05, 0.1) is 26.6 Å². The number of aromatic hydroxyl groups is 1. The van der Waals surface area contributed by atoms with E-state index in [0.717, 1.165) is 68.3 Å². The quantitative estimate of drug-likeness (QED) is 0.152. The van der Waals surface area contributed by atoms with Gasteiger partial charge in [0.15, 0.2) is 17.1 Å². The number of carboxylic acids is 3. The summed E-state index contributed by atoms with van der Waals surface area (Å²) < 4.78 is 12.1. The van der Waals surface area contributed by atoms with Gasteiger partial charge in [-0.15, -0.1) is 0 Å². The van der Waals surface area contributed by atoms with Crippen LogP contribution >= 0.6 is 0 Å². The summed E-state index contributed by atoms with van der Waals surface area (Å²) in [5.41, 5.74) is 1.85. The normalized spacial score (nSPS) is 25.4. The molecule has 0 saturated heterocycles. The lowest BCUT2D eigenvalue weighted by Crippen LogP contribution is -2.45. The molecule has 5 unspecified atom stereocenters. The van der Waals surface area contributed by atoms with Gasteiger partial charge in [0, 0.05) is 6.54 Å². The van der Waals surface area contributed by atoms with Crippen molar-refractivity contribution in [1.82, 2.24) is 4.90 Å². The van der Waals surface area contributed by atoms with Gasteiger partial charge in [0.1, 0.15) is 5.75 Å². The van der Waals surface area contributed by atoms with E-state index in [9.17, 15) is 19.5 Å². The van der Waals surface area contributed by atoms with Crippen LogP contribution in [-0.2, 0) is 27.3 Å². The smallest absolute Gasteiger partial charge is 0.336 e. The molecule has 0 heterocycles. The Kier molecular flexibility index (Phi) is 12.8. The Balaban J connectivity index is 0.000000369. The Morgan fingerprint density at radius 3 is 2.24 bits per heavy atom. The first-order valence-corrected chi connectivity index (χ1v) is 17.9. The van der Waals surface area contributed by atoms with E-state index in [0.29, 0.717) is 23.0 Å². The molecule has 0 amide bonds. The van der Waals surface area contributed by atoms with Crippen LogP contribution in [0.5, 0.6) is 17.2 Å². The topological polar surface area (TPSA) is 174 Å². The lowest BCUT2D eigenvalue weighted by Gasteiger charge is -2.53. The average Bonchev–Trinajstić information content (AvgIpc) is 3.39. The number of methoxy groups -OCH3 is 1. The maximum atomic E-state index is 10.3. The summed E-state index contributed by atoms with van der Waals surface area (Å²) in [4.78, 5) is 32.9. The molecule has 3 aliphatic carbocycles. The summed E-state index contributed by atoms with van der Waals surface area (Å²) in [6.07, 6.45) is 5.19. The van der Waals surface area contributed by atoms with Crippen LogP contribution in [0.25, 0.3) is 0 Å². The molecule has 5 rings (SSSR count). The number of rotatable bonds is 14. The van der Waals surface area contributed by atoms with E-state index in [1.165, 1.54) is 42.4 Å². The fraction of sp³-hybridized carbons (Fsp3) is 0.615. The number of nitrogens with zero attached hydrogens (tertiary/aromatic N) is 1. The Morgan fingerprint density at radius 1 is 0.960 bits per heavy atom. The van der Waals surface area contributed by atoms with E-state index in [-0.39, 0.29) is 0 Å². The molecular weight excluding hydrogens is 642 g/mol. The minimum Gasteiger partial charge on any atom is -0.508 e. The molecule has 50 heavy (non-hydrogen) atoms. The van der Waals surface area contributed by atoms with Crippen LogP contribution in [0, 0.1) is 29.1 Å². The molecule has 11 heteroatoms. The highest BCUT2D eigenvalue weighted by Crippen LogP contribution is 2.64. The predicted octanol–water partition coefficient (Wildman–Crippen LogP) is 6.18. The van der Waals surface area contributed by atoms with E-state index in [1.807, 2.05) is 12.1 Å². The van der Waals surface area contributed by atoms with Gasteiger partial charge < -0.3 is 35.0 Å². The van der Waals surface area contributed by atoms with Crippen LogP contribution in [0.1, 0.15) is 95.2 Å². The molecule has 6 atom stereocenters. The highest BCUT2D eigenvalue weighted by atomic mass is 16.5. The molecule has 2 aromatic carbocycles. The number of phenolic OH excluding ortho intramolecular Hbond substituents is 1. The number of carboxylic acid groups (broad SMARTS) is 3. The second kappa shape index (κ2) is 16.5. The third-order valence-electron chi connectivity index (χ3n) is 11.8. The van der Waals surface area contributed by atoms with Crippen molar-refractivity contribution >= 4 is 17.9 Å². The SMILES string of the molecule is CCN(CC)Cc1ccc(OCCC2CCC3C4C(C)Cc5cc(O)ccc5C4CC[C@]23C)c(OC)c1.O=C(O)CC(O)(CC(=O)O)C(=O)O. The number of carbonyl (C=O) groups is 3. The van der Waals surface area contributed by atoms with Gasteiger partial charge in [0.2, 0.25) is 0 Å². The molecule has 0 bridgehead atoms. The van der Waals surface area contributed by atoms with E-state index in [4.69, 9.17) is 29.9 Å². The standard InChI is InChI=1S/C33H47NO3.C6H8O7/c1-6-34(7-2)21-23-8-13-30(31(19-23)36-5)37-17-15-25-9-12-29-32-22(3)18-24-20-26(35)10-11-27(24)28(32)14-16-33(25,29)4;7-3(8)1-6(13,5(11)12)2-4(9)10/h8,10-11,13,19-20,22,25,28-29,32,35H,6-7,9,12,14-18,21H2,1-5H3;13H,1-2H2,(H,7,8)(H,9,10)(H,11,12)/t22?,25?,28?,29?,32?,33-;/m1./s1. The number of benzene rings is 2. The fourth-order valence-electron chi connectivity index (χ4n) is 9.21. The van der Waals surface area contributed by atoms with E-state index < -0.39 is 36.4 Å². The maximum absolute atomic E-state index is 10.3. The van der Waals surface area contributed by atoms with Crippen molar-refractivity contribution in [1.29, 1.82) is 0 Å². The van der Waals surface area contributed by atoms with E-state index >= 15 is 0 Å². The van der Waals surface area contributed by atoms with Crippen LogP contribution in [0.3, 0.4) is 0 Å². The van der Waals surface area contributed by atoms with Gasteiger partial charge in [-0.3, -0.25) is 14.5 Å². The molecular formula is C39H55NO10. The van der Waals surface area contributed by atoms with Crippen LogP contribution in [0.15, 0.2) is 36.4 Å². The van der Waals surface area contributed by atoms with Crippen molar-refractivity contribution < 1.29 is 49.4 Å². The molecule has 2 aromatic rings. The van der Waals surface area contributed by atoms with Crippen molar-refractivity contribution in [2.45, 2.75) is 97.1 Å². The number of hydrogen-bond acceptors (Lipinski definition) is 8. The Labute approximate surface area is 295 Å². The minimum absolute atomic E-state index is 0.408. The Morgan fingerprint density at radius 2 is 1.64 bits per heavy atom. The molecule has 0 aliphatic heterocycles. The second-order valence-electron chi connectivity index (χ2n) is 14.7. The number of phenols is 1. The Hall–Kier alpha value is -3.83. The predicted molar refractivity (Wildman–Crippen MR) is 188 cm³/mol. The third-order valence-corrected chi connectivity index (χ3v) is 11.8. The monoisotopic (exact) mass is 697 g/mol. The van der Waals surface area contributed by atoms with Gasteiger partial charge in [-0.1, -0.05) is 39.8 Å². The first-order chi connectivity index (χ1) is 23.6. The molecule has 11 nitrogen and oxygen atoms in total. The zero-order chi connectivity index (χ0) is 36.8. The van der Waals surface area contributed by atoms with Gasteiger partial charge in [-0.2, -0.15) is 0 Å². The molecule has 0 radical (unpaired) electrons. The number of hydrogen-bond donors (Lipinski definition) is 5. The highest BCUT2D eigenvalue weighted by molar-refractivity contribution is 5.88. The summed E-state index contributed by atoms with van der Waals surface area (Å²) in [6.45, 7) is 13.3. The van der Waals surface area contributed by atoms with Gasteiger partial charge in [0.25, 0.3) is 0 Å². The number of fused-ring (bicyclic) bond motifs is 5. The first kappa shape index (κ1) is 39.0. The lowest BCUT2D eigenvalue weighted by molar-refractivity contribution is -0.170. The summed E-state index contributed by atoms with van der Waals surface area (Å²) in [7, 11) is 1.75. The van der Waals surface area contributed by atoms with Crippen LogP contribution in [0.2, 0.25) is 0 Å². The molecule has 5 N–H and O–H groups in total. The molecule has 276 valence electrons. The van der Waals surface area contributed by atoms with Gasteiger partial charge >= 0.3 is 17.9 Å². The number of ether oxygens (including phenoxy) is 2. The van der Waals surface area contributed by atoms with Crippen LogP contribution in [-0.4, -0.2) is 80.7 Å². The first-order valence-electron chi connectivity index (χ1n) is 17.9. The van der Waals surface area contributed by atoms with Crippen molar-refractivity contribution in [3.8, 4) is 17.2 Å². The fourth-order valence-corrected chi connectivity index (χ4v) is 9.21. The molecule has 3 aliphatic rings. The summed E-state index contributed by atoms with van der Waals surface area (Å²) >= 11 is 0. The van der Waals surface area contributed by atoms with Crippen molar-refractivity contribution in [3.05, 3.63) is 53.1 Å². The summed E-state index contributed by atoms with van der Waals surface area (Å²) in [5, 5.41) is 43.9. The van der Waals surface area contributed by atoms with Crippen LogP contribution < -0.4 is 9.47 Å². The minimum atomic E-state index is -2.74. The molecule has 0 spiro atoms. The lowest BCUT2D eigenvalue weighted by atomic mass is 9.51. The van der Waals surface area contributed by atoms with Crippen LogP contribution in [0.4, 0.5) is 0 Å². The number of aliphatic hydroxyl groups is 1.